The highest BCUT2D eigenvalue weighted by molar-refractivity contribution is 9.10. The molecule has 0 aliphatic heterocycles. The summed E-state index contributed by atoms with van der Waals surface area (Å²) >= 11 is 3.15. The Bertz CT molecular complexity index is 652. The smallest absolute Gasteiger partial charge is 0.287 e. The zero-order chi connectivity index (χ0) is 14.2. The molecular formula is C15H14BrNO3. The third-order valence-electron chi connectivity index (χ3n) is 3.67. The Hall–Kier alpha value is -1.59. The standard InChI is InChI=1S/C15H14BrNO3/c16-13-6-5-12(20-13)14(18)17-9-15(19)8-7-10-3-1-2-4-11(10)15/h1-6,19H,7-9H2,(H,17,18)/t15-/m0/s1. The number of aliphatic hydroxyl groups is 1. The Morgan fingerprint density at radius 2 is 2.15 bits per heavy atom. The second kappa shape index (κ2) is 5.07. The van der Waals surface area contributed by atoms with Crippen molar-refractivity contribution in [3.63, 3.8) is 0 Å². The second-order valence-electron chi connectivity index (χ2n) is 4.98. The molecule has 2 N–H and O–H groups in total. The van der Waals surface area contributed by atoms with Crippen LogP contribution in [0.2, 0.25) is 0 Å². The molecule has 1 aliphatic carbocycles. The fourth-order valence-electron chi connectivity index (χ4n) is 2.60. The van der Waals surface area contributed by atoms with Gasteiger partial charge in [0.25, 0.3) is 5.91 Å². The van der Waals surface area contributed by atoms with Crippen LogP contribution in [0.5, 0.6) is 0 Å². The van der Waals surface area contributed by atoms with Crippen LogP contribution in [0.4, 0.5) is 0 Å². The lowest BCUT2D eigenvalue weighted by Crippen LogP contribution is -2.39. The van der Waals surface area contributed by atoms with Crippen LogP contribution < -0.4 is 5.32 Å². The van der Waals surface area contributed by atoms with E-state index in [1.165, 1.54) is 0 Å². The van der Waals surface area contributed by atoms with Gasteiger partial charge in [-0.05, 0) is 52.0 Å². The van der Waals surface area contributed by atoms with Crippen molar-refractivity contribution in [1.29, 1.82) is 0 Å². The first-order chi connectivity index (χ1) is 9.58. The minimum absolute atomic E-state index is 0.182. The van der Waals surface area contributed by atoms with Gasteiger partial charge in [-0.3, -0.25) is 4.79 Å². The van der Waals surface area contributed by atoms with Crippen molar-refractivity contribution in [3.8, 4) is 0 Å². The molecule has 0 spiro atoms. The largest absolute Gasteiger partial charge is 0.444 e. The predicted molar refractivity (Wildman–Crippen MR) is 77.4 cm³/mol. The molecule has 0 fully saturated rings. The van der Waals surface area contributed by atoms with Crippen LogP contribution in [0.25, 0.3) is 0 Å². The minimum Gasteiger partial charge on any atom is -0.444 e. The van der Waals surface area contributed by atoms with Crippen LogP contribution in [0, 0.1) is 0 Å². The maximum absolute atomic E-state index is 11.9. The second-order valence-corrected chi connectivity index (χ2v) is 5.76. The lowest BCUT2D eigenvalue weighted by atomic mass is 9.96. The summed E-state index contributed by atoms with van der Waals surface area (Å²) in [6, 6.07) is 11.0. The average molecular weight is 336 g/mol. The van der Waals surface area contributed by atoms with E-state index in [4.69, 9.17) is 4.42 Å². The fourth-order valence-corrected chi connectivity index (χ4v) is 2.91. The molecule has 4 nitrogen and oxygen atoms in total. The van der Waals surface area contributed by atoms with E-state index in [0.717, 1.165) is 17.5 Å². The summed E-state index contributed by atoms with van der Waals surface area (Å²) < 4.78 is 5.69. The van der Waals surface area contributed by atoms with Gasteiger partial charge in [0.1, 0.15) is 5.60 Å². The topological polar surface area (TPSA) is 62.5 Å². The number of hydrogen-bond donors (Lipinski definition) is 2. The first kappa shape index (κ1) is 13.4. The molecule has 104 valence electrons. The summed E-state index contributed by atoms with van der Waals surface area (Å²) in [6.07, 6.45) is 1.45. The number of carbonyl (C=O) groups is 1. The molecule has 0 unspecified atom stereocenters. The third-order valence-corrected chi connectivity index (χ3v) is 4.09. The van der Waals surface area contributed by atoms with Gasteiger partial charge in [-0.25, -0.2) is 0 Å². The molecule has 5 heteroatoms. The lowest BCUT2D eigenvalue weighted by molar-refractivity contribution is 0.0364. The van der Waals surface area contributed by atoms with Crippen molar-refractivity contribution >= 4 is 21.8 Å². The zero-order valence-corrected chi connectivity index (χ0v) is 12.3. The SMILES string of the molecule is O=C(NC[C@@]1(O)CCc2ccccc21)c1ccc(Br)o1. The molecule has 0 saturated carbocycles. The molecule has 1 atom stereocenters. The van der Waals surface area contributed by atoms with E-state index in [-0.39, 0.29) is 18.2 Å². The molecule has 1 aromatic carbocycles. The van der Waals surface area contributed by atoms with Gasteiger partial charge in [0.2, 0.25) is 0 Å². The Balaban J connectivity index is 1.71. The van der Waals surface area contributed by atoms with E-state index in [9.17, 15) is 9.90 Å². The van der Waals surface area contributed by atoms with Gasteiger partial charge in [-0.15, -0.1) is 0 Å². The van der Waals surface area contributed by atoms with E-state index in [1.807, 2.05) is 24.3 Å². The summed E-state index contributed by atoms with van der Waals surface area (Å²) in [5.74, 6) is -0.0970. The molecule has 1 heterocycles. The molecule has 0 saturated heterocycles. The van der Waals surface area contributed by atoms with Gasteiger partial charge in [0.15, 0.2) is 10.4 Å². The van der Waals surface area contributed by atoms with Crippen LogP contribution in [-0.4, -0.2) is 17.6 Å². The summed E-state index contributed by atoms with van der Waals surface area (Å²) in [5.41, 5.74) is 1.06. The Labute approximate surface area is 124 Å². The molecule has 2 aromatic rings. The first-order valence-corrected chi connectivity index (χ1v) is 7.22. The number of rotatable bonds is 3. The van der Waals surface area contributed by atoms with Gasteiger partial charge in [0.05, 0.1) is 6.54 Å². The Morgan fingerprint density at radius 1 is 1.35 bits per heavy atom. The van der Waals surface area contributed by atoms with Crippen molar-refractivity contribution in [2.75, 3.05) is 6.54 Å². The number of benzene rings is 1. The molecule has 20 heavy (non-hydrogen) atoms. The highest BCUT2D eigenvalue weighted by atomic mass is 79.9. The van der Waals surface area contributed by atoms with E-state index in [1.54, 1.807) is 12.1 Å². The number of aryl methyl sites for hydroxylation is 1. The summed E-state index contributed by atoms with van der Waals surface area (Å²) in [7, 11) is 0. The monoisotopic (exact) mass is 335 g/mol. The van der Waals surface area contributed by atoms with Crippen molar-refractivity contribution in [3.05, 3.63) is 58.0 Å². The number of nitrogens with one attached hydrogen (secondary N) is 1. The summed E-state index contributed by atoms with van der Waals surface area (Å²) in [4.78, 5) is 11.9. The van der Waals surface area contributed by atoms with Gasteiger partial charge in [-0.1, -0.05) is 24.3 Å². The minimum atomic E-state index is -0.990. The highest BCUT2D eigenvalue weighted by Gasteiger charge is 2.36. The average Bonchev–Trinajstić information content (AvgIpc) is 3.02. The third kappa shape index (κ3) is 2.39. The number of halogens is 1. The van der Waals surface area contributed by atoms with Crippen LogP contribution in [-0.2, 0) is 12.0 Å². The summed E-state index contributed by atoms with van der Waals surface area (Å²) in [5, 5.41) is 13.4. The number of amides is 1. The molecule has 1 aromatic heterocycles. The quantitative estimate of drug-likeness (QED) is 0.906. The zero-order valence-electron chi connectivity index (χ0n) is 10.7. The first-order valence-electron chi connectivity index (χ1n) is 6.43. The Kier molecular flexibility index (Phi) is 3.40. The molecule has 0 radical (unpaired) electrons. The summed E-state index contributed by atoms with van der Waals surface area (Å²) in [6.45, 7) is 0.182. The van der Waals surface area contributed by atoms with E-state index >= 15 is 0 Å². The normalized spacial score (nSPS) is 20.7. The van der Waals surface area contributed by atoms with Crippen LogP contribution in [0.3, 0.4) is 0 Å². The lowest BCUT2D eigenvalue weighted by Gasteiger charge is -2.24. The number of furan rings is 1. The van der Waals surface area contributed by atoms with Gasteiger partial charge in [-0.2, -0.15) is 0 Å². The van der Waals surface area contributed by atoms with Crippen LogP contribution >= 0.6 is 15.9 Å². The molecular weight excluding hydrogens is 322 g/mol. The van der Waals surface area contributed by atoms with Gasteiger partial charge in [0, 0.05) is 0 Å². The maximum Gasteiger partial charge on any atom is 0.287 e. The van der Waals surface area contributed by atoms with Crippen LogP contribution in [0.15, 0.2) is 45.5 Å². The Morgan fingerprint density at radius 3 is 2.90 bits per heavy atom. The van der Waals surface area contributed by atoms with Crippen molar-refractivity contribution in [2.24, 2.45) is 0 Å². The fraction of sp³-hybridized carbons (Fsp3) is 0.267. The highest BCUT2D eigenvalue weighted by Crippen LogP contribution is 2.36. The number of fused-ring (bicyclic) bond motifs is 1. The molecule has 3 rings (SSSR count). The number of hydrogen-bond acceptors (Lipinski definition) is 3. The van der Waals surface area contributed by atoms with E-state index < -0.39 is 5.60 Å². The van der Waals surface area contributed by atoms with Crippen LogP contribution in [0.1, 0.15) is 28.1 Å². The molecule has 1 aliphatic rings. The van der Waals surface area contributed by atoms with Gasteiger partial charge >= 0.3 is 0 Å². The van der Waals surface area contributed by atoms with Crippen molar-refractivity contribution in [2.45, 2.75) is 18.4 Å². The maximum atomic E-state index is 11.9. The predicted octanol–water partition coefficient (Wildman–Crippen LogP) is 2.61. The molecule has 1 amide bonds. The van der Waals surface area contributed by atoms with E-state index in [2.05, 4.69) is 21.2 Å². The number of carbonyl (C=O) groups excluding carboxylic acids is 1. The van der Waals surface area contributed by atoms with E-state index in [0.29, 0.717) is 11.1 Å². The van der Waals surface area contributed by atoms with Gasteiger partial charge < -0.3 is 14.8 Å². The molecule has 0 bridgehead atoms. The van der Waals surface area contributed by atoms with Crippen molar-refractivity contribution in [1.82, 2.24) is 5.32 Å². The van der Waals surface area contributed by atoms with Crippen molar-refractivity contribution < 1.29 is 14.3 Å².